The summed E-state index contributed by atoms with van der Waals surface area (Å²) >= 11 is 0. The van der Waals surface area contributed by atoms with Crippen LogP contribution in [-0.4, -0.2) is 45.1 Å². The van der Waals surface area contributed by atoms with E-state index in [4.69, 9.17) is 0 Å². The van der Waals surface area contributed by atoms with Crippen LogP contribution in [0.3, 0.4) is 0 Å². The number of carbonyl (C=O) groups is 1. The number of pyridine rings is 1. The fourth-order valence-corrected chi connectivity index (χ4v) is 4.69. The first-order chi connectivity index (χ1) is 14.1. The topological polar surface area (TPSA) is 51.0 Å². The molecule has 2 aliphatic rings. The zero-order chi connectivity index (χ0) is 19.8. The molecule has 150 valence electrons. The number of nitrogens with zero attached hydrogens (tertiary/aromatic N) is 4. The van der Waals surface area contributed by atoms with Gasteiger partial charge in [-0.3, -0.25) is 19.4 Å². The first kappa shape index (κ1) is 18.5. The first-order valence-electron chi connectivity index (χ1n) is 10.8. The van der Waals surface area contributed by atoms with Crippen LogP contribution in [0.5, 0.6) is 0 Å². The normalized spacial score (nSPS) is 18.4. The van der Waals surface area contributed by atoms with Crippen molar-refractivity contribution in [2.24, 2.45) is 18.9 Å². The van der Waals surface area contributed by atoms with Gasteiger partial charge in [-0.05, 0) is 73.7 Å². The molecule has 0 atom stereocenters. The molecule has 29 heavy (non-hydrogen) atoms. The minimum atomic E-state index is 0.269. The summed E-state index contributed by atoms with van der Waals surface area (Å²) in [6, 6.07) is 8.40. The lowest BCUT2D eigenvalue weighted by Gasteiger charge is -2.31. The van der Waals surface area contributed by atoms with Crippen LogP contribution in [-0.2, 0) is 18.3 Å². The number of hydrogen-bond acceptors (Lipinski definition) is 4. The Morgan fingerprint density at radius 1 is 1.00 bits per heavy atom. The number of benzene rings is 1. The SMILES string of the molecule is Cn1cc(-c2ccc3cnc(CC(=O)CN4CCC(C5CC5)CC4)cc3c2)cn1. The minimum Gasteiger partial charge on any atom is -0.298 e. The number of ketones is 1. The summed E-state index contributed by atoms with van der Waals surface area (Å²) in [5.41, 5.74) is 3.09. The molecule has 1 aromatic carbocycles. The maximum Gasteiger partial charge on any atom is 0.152 e. The van der Waals surface area contributed by atoms with E-state index in [2.05, 4.69) is 39.2 Å². The zero-order valence-corrected chi connectivity index (χ0v) is 17.1. The average molecular weight is 389 g/mol. The molecule has 1 aliphatic heterocycles. The molecule has 0 bridgehead atoms. The van der Waals surface area contributed by atoms with E-state index in [1.54, 1.807) is 0 Å². The van der Waals surface area contributed by atoms with E-state index in [-0.39, 0.29) is 5.78 Å². The Balaban J connectivity index is 1.24. The van der Waals surface area contributed by atoms with Gasteiger partial charge in [-0.15, -0.1) is 0 Å². The molecule has 2 aromatic heterocycles. The van der Waals surface area contributed by atoms with Crippen molar-refractivity contribution in [2.45, 2.75) is 32.1 Å². The van der Waals surface area contributed by atoms with Gasteiger partial charge in [0, 0.05) is 36.1 Å². The van der Waals surface area contributed by atoms with Gasteiger partial charge in [0.05, 0.1) is 19.2 Å². The summed E-state index contributed by atoms with van der Waals surface area (Å²) < 4.78 is 1.81. The second-order valence-corrected chi connectivity index (χ2v) is 8.81. The second-order valence-electron chi connectivity index (χ2n) is 8.81. The van der Waals surface area contributed by atoms with Gasteiger partial charge in [0.2, 0.25) is 0 Å². The molecule has 0 amide bonds. The Kier molecular flexibility index (Phi) is 4.92. The van der Waals surface area contributed by atoms with E-state index < -0.39 is 0 Å². The highest BCUT2D eigenvalue weighted by molar-refractivity contribution is 5.88. The van der Waals surface area contributed by atoms with Gasteiger partial charge in [0.15, 0.2) is 5.78 Å². The molecule has 0 N–H and O–H groups in total. The molecule has 0 spiro atoms. The van der Waals surface area contributed by atoms with Crippen molar-refractivity contribution in [3.05, 3.63) is 48.5 Å². The number of rotatable bonds is 6. The van der Waals surface area contributed by atoms with Crippen molar-refractivity contribution in [1.29, 1.82) is 0 Å². The minimum absolute atomic E-state index is 0.269. The number of aryl methyl sites for hydroxylation is 1. The number of aromatic nitrogens is 3. The van der Waals surface area contributed by atoms with E-state index in [0.29, 0.717) is 13.0 Å². The van der Waals surface area contributed by atoms with Crippen molar-refractivity contribution in [3.63, 3.8) is 0 Å². The Morgan fingerprint density at radius 2 is 1.79 bits per heavy atom. The number of carbonyl (C=O) groups excluding carboxylic acids is 1. The highest BCUT2D eigenvalue weighted by Gasteiger charge is 2.33. The molecule has 1 aliphatic carbocycles. The van der Waals surface area contributed by atoms with Gasteiger partial charge < -0.3 is 0 Å². The van der Waals surface area contributed by atoms with Gasteiger partial charge in [0.1, 0.15) is 0 Å². The maximum atomic E-state index is 12.6. The summed E-state index contributed by atoms with van der Waals surface area (Å²) in [5, 5.41) is 6.47. The summed E-state index contributed by atoms with van der Waals surface area (Å²) in [6.45, 7) is 2.71. The average Bonchev–Trinajstić information content (AvgIpc) is 3.48. The van der Waals surface area contributed by atoms with Gasteiger partial charge in [-0.25, -0.2) is 0 Å². The van der Waals surface area contributed by atoms with Crippen LogP contribution in [0.1, 0.15) is 31.4 Å². The van der Waals surface area contributed by atoms with Crippen LogP contribution in [0.4, 0.5) is 0 Å². The molecule has 5 nitrogen and oxygen atoms in total. The van der Waals surface area contributed by atoms with E-state index in [0.717, 1.165) is 52.5 Å². The number of fused-ring (bicyclic) bond motifs is 1. The summed E-state index contributed by atoms with van der Waals surface area (Å²) in [4.78, 5) is 19.5. The van der Waals surface area contributed by atoms with Gasteiger partial charge >= 0.3 is 0 Å². The molecule has 5 heteroatoms. The second kappa shape index (κ2) is 7.71. The van der Waals surface area contributed by atoms with Crippen LogP contribution in [0.2, 0.25) is 0 Å². The summed E-state index contributed by atoms with van der Waals surface area (Å²) in [6.07, 6.45) is 11.6. The Hall–Kier alpha value is -2.53. The first-order valence-corrected chi connectivity index (χ1v) is 10.8. The third-order valence-electron chi connectivity index (χ3n) is 6.52. The maximum absolute atomic E-state index is 12.6. The smallest absolute Gasteiger partial charge is 0.152 e. The third kappa shape index (κ3) is 4.25. The fraction of sp³-hybridized carbons (Fsp3) is 0.458. The van der Waals surface area contributed by atoms with Crippen LogP contribution in [0, 0.1) is 11.8 Å². The van der Waals surface area contributed by atoms with E-state index in [1.165, 1.54) is 25.7 Å². The largest absolute Gasteiger partial charge is 0.298 e. The van der Waals surface area contributed by atoms with Gasteiger partial charge in [-0.2, -0.15) is 5.10 Å². The summed E-state index contributed by atoms with van der Waals surface area (Å²) in [5.74, 6) is 2.17. The lowest BCUT2D eigenvalue weighted by atomic mass is 9.92. The molecule has 3 heterocycles. The molecule has 1 saturated heterocycles. The van der Waals surface area contributed by atoms with Crippen LogP contribution >= 0.6 is 0 Å². The Labute approximate surface area is 171 Å². The Morgan fingerprint density at radius 3 is 2.52 bits per heavy atom. The quantitative estimate of drug-likeness (QED) is 0.643. The van der Waals surface area contributed by atoms with Gasteiger partial charge in [0.25, 0.3) is 0 Å². The fourth-order valence-electron chi connectivity index (χ4n) is 4.69. The highest BCUT2D eigenvalue weighted by atomic mass is 16.1. The molecule has 5 rings (SSSR count). The van der Waals surface area contributed by atoms with Crippen molar-refractivity contribution in [2.75, 3.05) is 19.6 Å². The zero-order valence-electron chi connectivity index (χ0n) is 17.1. The molecule has 3 aromatic rings. The van der Waals surface area contributed by atoms with Crippen molar-refractivity contribution >= 4 is 16.6 Å². The highest BCUT2D eigenvalue weighted by Crippen LogP contribution is 2.41. The van der Waals surface area contributed by atoms with Crippen LogP contribution < -0.4 is 0 Å². The number of piperidine rings is 1. The van der Waals surface area contributed by atoms with Crippen molar-refractivity contribution in [3.8, 4) is 11.1 Å². The lowest BCUT2D eigenvalue weighted by Crippen LogP contribution is -2.38. The van der Waals surface area contributed by atoms with Crippen LogP contribution in [0.25, 0.3) is 21.9 Å². The predicted molar refractivity (Wildman–Crippen MR) is 115 cm³/mol. The Bertz CT molecular complexity index is 1030. The molecular weight excluding hydrogens is 360 g/mol. The molecule has 0 radical (unpaired) electrons. The molecule has 0 unspecified atom stereocenters. The van der Waals surface area contributed by atoms with Crippen molar-refractivity contribution in [1.82, 2.24) is 19.7 Å². The lowest BCUT2D eigenvalue weighted by molar-refractivity contribution is -0.120. The molecule has 2 fully saturated rings. The van der Waals surface area contributed by atoms with E-state index >= 15 is 0 Å². The van der Waals surface area contributed by atoms with Crippen LogP contribution in [0.15, 0.2) is 42.9 Å². The molecular formula is C24H28N4O. The monoisotopic (exact) mass is 388 g/mol. The molecule has 1 saturated carbocycles. The standard InChI is InChI=1S/C24H28N4O/c1-27-15-22(14-26-27)19-4-5-20-13-25-23(11-21(20)10-19)12-24(29)16-28-8-6-18(7-9-28)17-2-3-17/h4-5,10-11,13-15,17-18H,2-3,6-9,12,16H2,1H3. The van der Waals surface area contributed by atoms with Crippen molar-refractivity contribution < 1.29 is 4.79 Å². The van der Waals surface area contributed by atoms with Gasteiger partial charge in [-0.1, -0.05) is 12.1 Å². The predicted octanol–water partition coefficient (Wildman–Crippen LogP) is 3.87. The third-order valence-corrected chi connectivity index (χ3v) is 6.52. The number of Topliss-reactive ketones (excluding diaryl/α,β-unsaturated/α-hetero) is 1. The number of likely N-dealkylation sites (tertiary alicyclic amines) is 1. The van der Waals surface area contributed by atoms with E-state index in [9.17, 15) is 4.79 Å². The summed E-state index contributed by atoms with van der Waals surface area (Å²) in [7, 11) is 1.92. The number of hydrogen-bond donors (Lipinski definition) is 0. The van der Waals surface area contributed by atoms with E-state index in [1.807, 2.05) is 30.3 Å².